The van der Waals surface area contributed by atoms with E-state index < -0.39 is 11.9 Å². The van der Waals surface area contributed by atoms with Crippen molar-refractivity contribution in [3.8, 4) is 5.69 Å². The van der Waals surface area contributed by atoms with Gasteiger partial charge in [0.2, 0.25) is 5.91 Å². The molecule has 2 aromatic rings. The third-order valence-electron chi connectivity index (χ3n) is 4.51. The van der Waals surface area contributed by atoms with E-state index in [4.69, 9.17) is 5.11 Å². The van der Waals surface area contributed by atoms with Crippen molar-refractivity contribution in [2.45, 2.75) is 39.2 Å². The lowest BCUT2D eigenvalue weighted by Crippen LogP contribution is -2.39. The van der Waals surface area contributed by atoms with Crippen molar-refractivity contribution >= 4 is 11.9 Å². The van der Waals surface area contributed by atoms with Gasteiger partial charge in [0.25, 0.3) is 0 Å². The Morgan fingerprint density at radius 2 is 2.00 bits per heavy atom. The van der Waals surface area contributed by atoms with Gasteiger partial charge in [-0.3, -0.25) is 9.59 Å². The van der Waals surface area contributed by atoms with Crippen molar-refractivity contribution in [3.05, 3.63) is 41.7 Å². The first-order chi connectivity index (χ1) is 12.0. The van der Waals surface area contributed by atoms with Gasteiger partial charge in [-0.2, -0.15) is 0 Å². The van der Waals surface area contributed by atoms with Crippen LogP contribution in [0.1, 0.15) is 31.2 Å². The van der Waals surface area contributed by atoms with Crippen LogP contribution in [0.25, 0.3) is 5.69 Å². The maximum atomic E-state index is 12.7. The minimum Gasteiger partial charge on any atom is -0.481 e. The van der Waals surface area contributed by atoms with Crippen LogP contribution in [0.15, 0.2) is 30.3 Å². The summed E-state index contributed by atoms with van der Waals surface area (Å²) in [7, 11) is 0. The molecule has 7 nitrogen and oxygen atoms in total. The highest BCUT2D eigenvalue weighted by Crippen LogP contribution is 2.28. The molecule has 1 saturated carbocycles. The van der Waals surface area contributed by atoms with Gasteiger partial charge in [0.1, 0.15) is 0 Å². The van der Waals surface area contributed by atoms with E-state index in [1.54, 1.807) is 16.5 Å². The normalized spacial score (nSPS) is 15.0. The summed E-state index contributed by atoms with van der Waals surface area (Å²) in [5.41, 5.74) is 2.34. The van der Waals surface area contributed by atoms with Gasteiger partial charge in [-0.05, 0) is 31.9 Å². The second kappa shape index (κ2) is 7.04. The Hall–Kier alpha value is -2.70. The zero-order chi connectivity index (χ0) is 18.0. The number of carboxylic acids is 1. The van der Waals surface area contributed by atoms with Crippen molar-refractivity contribution in [1.29, 1.82) is 0 Å². The van der Waals surface area contributed by atoms with Gasteiger partial charge < -0.3 is 10.0 Å². The summed E-state index contributed by atoms with van der Waals surface area (Å²) in [5, 5.41) is 17.4. The Morgan fingerprint density at radius 3 is 2.60 bits per heavy atom. The van der Waals surface area contributed by atoms with Crippen molar-refractivity contribution in [2.24, 2.45) is 5.92 Å². The second-order valence-electron chi connectivity index (χ2n) is 6.56. The summed E-state index contributed by atoms with van der Waals surface area (Å²) >= 11 is 0. The van der Waals surface area contributed by atoms with Crippen LogP contribution >= 0.6 is 0 Å². The van der Waals surface area contributed by atoms with Crippen molar-refractivity contribution in [3.63, 3.8) is 0 Å². The number of rotatable bonds is 7. The van der Waals surface area contributed by atoms with Crippen LogP contribution in [-0.4, -0.2) is 49.5 Å². The maximum absolute atomic E-state index is 12.7. The number of hydrogen-bond acceptors (Lipinski definition) is 4. The molecule has 1 aliphatic carbocycles. The fourth-order valence-corrected chi connectivity index (χ4v) is 2.80. The van der Waals surface area contributed by atoms with Crippen LogP contribution in [0, 0.1) is 12.8 Å². The molecule has 1 unspecified atom stereocenters. The molecule has 132 valence electrons. The number of benzene rings is 1. The molecular weight excluding hydrogens is 320 g/mol. The zero-order valence-electron chi connectivity index (χ0n) is 14.4. The third-order valence-corrected chi connectivity index (χ3v) is 4.51. The Labute approximate surface area is 146 Å². The van der Waals surface area contributed by atoms with E-state index in [2.05, 4.69) is 10.3 Å². The topological polar surface area (TPSA) is 88.3 Å². The molecule has 7 heteroatoms. The molecule has 1 fully saturated rings. The first-order valence-electron chi connectivity index (χ1n) is 8.46. The number of aromatic nitrogens is 3. The monoisotopic (exact) mass is 342 g/mol. The summed E-state index contributed by atoms with van der Waals surface area (Å²) in [6.07, 6.45) is 2.02. The van der Waals surface area contributed by atoms with Gasteiger partial charge in [0.15, 0.2) is 0 Å². The van der Waals surface area contributed by atoms with Gasteiger partial charge in [0.05, 0.1) is 29.4 Å². The van der Waals surface area contributed by atoms with E-state index in [1.165, 1.54) is 0 Å². The lowest BCUT2D eigenvalue weighted by atomic mass is 10.1. The Balaban J connectivity index is 1.74. The van der Waals surface area contributed by atoms with E-state index in [0.29, 0.717) is 5.69 Å². The summed E-state index contributed by atoms with van der Waals surface area (Å²) in [5.74, 6) is -1.55. The molecule has 0 aliphatic heterocycles. The molecule has 1 aromatic heterocycles. The molecule has 0 spiro atoms. The van der Waals surface area contributed by atoms with E-state index in [9.17, 15) is 9.59 Å². The van der Waals surface area contributed by atoms with Crippen molar-refractivity contribution < 1.29 is 14.7 Å². The molecule has 0 bridgehead atoms. The number of carbonyl (C=O) groups excluding carboxylic acids is 1. The standard InChI is InChI=1S/C18H22N4O3/c1-12(18(24)25)11-21(14-8-9-14)17(23)10-16-13(2)22(20-19-16)15-6-4-3-5-7-15/h3-7,12,14H,8-11H2,1-2H3,(H,24,25). The lowest BCUT2D eigenvalue weighted by molar-refractivity contribution is -0.143. The van der Waals surface area contributed by atoms with Gasteiger partial charge in [-0.15, -0.1) is 5.10 Å². The van der Waals surface area contributed by atoms with Gasteiger partial charge >= 0.3 is 5.97 Å². The number of hydrogen-bond donors (Lipinski definition) is 1. The number of aliphatic carboxylic acids is 1. The molecule has 1 aromatic carbocycles. The van der Waals surface area contributed by atoms with Gasteiger partial charge in [0, 0.05) is 12.6 Å². The number of nitrogens with zero attached hydrogens (tertiary/aromatic N) is 4. The quantitative estimate of drug-likeness (QED) is 0.829. The highest BCUT2D eigenvalue weighted by Gasteiger charge is 2.34. The van der Waals surface area contributed by atoms with Crippen LogP contribution in [0.3, 0.4) is 0 Å². The van der Waals surface area contributed by atoms with E-state index in [1.807, 2.05) is 37.3 Å². The first-order valence-corrected chi connectivity index (χ1v) is 8.46. The summed E-state index contributed by atoms with van der Waals surface area (Å²) in [4.78, 5) is 25.5. The summed E-state index contributed by atoms with van der Waals surface area (Å²) in [6, 6.07) is 9.79. The van der Waals surface area contributed by atoms with Crippen LogP contribution in [0.4, 0.5) is 0 Å². The second-order valence-corrected chi connectivity index (χ2v) is 6.56. The van der Waals surface area contributed by atoms with E-state index in [-0.39, 0.29) is 24.9 Å². The van der Waals surface area contributed by atoms with Crippen molar-refractivity contribution in [2.75, 3.05) is 6.54 Å². The predicted molar refractivity (Wildman–Crippen MR) is 91.3 cm³/mol. The van der Waals surface area contributed by atoms with Crippen LogP contribution in [0.2, 0.25) is 0 Å². The molecule has 1 atom stereocenters. The van der Waals surface area contributed by atoms with E-state index >= 15 is 0 Å². The van der Waals surface area contributed by atoms with Crippen LogP contribution in [0.5, 0.6) is 0 Å². The highest BCUT2D eigenvalue weighted by molar-refractivity contribution is 5.80. The maximum Gasteiger partial charge on any atom is 0.308 e. The Morgan fingerprint density at radius 1 is 1.32 bits per heavy atom. The third kappa shape index (κ3) is 3.87. The molecular formula is C18H22N4O3. The minimum absolute atomic E-state index is 0.0844. The fourth-order valence-electron chi connectivity index (χ4n) is 2.80. The minimum atomic E-state index is -0.885. The zero-order valence-corrected chi connectivity index (χ0v) is 14.4. The van der Waals surface area contributed by atoms with Crippen LogP contribution in [-0.2, 0) is 16.0 Å². The molecule has 3 rings (SSSR count). The van der Waals surface area contributed by atoms with E-state index in [0.717, 1.165) is 24.2 Å². The average Bonchev–Trinajstić information content (AvgIpc) is 3.38. The summed E-state index contributed by atoms with van der Waals surface area (Å²) < 4.78 is 1.71. The summed E-state index contributed by atoms with van der Waals surface area (Å²) in [6.45, 7) is 3.75. The molecule has 1 N–H and O–H groups in total. The van der Waals surface area contributed by atoms with Crippen LogP contribution < -0.4 is 0 Å². The fraction of sp³-hybridized carbons (Fsp3) is 0.444. The van der Waals surface area contributed by atoms with Gasteiger partial charge in [-0.25, -0.2) is 4.68 Å². The van der Waals surface area contributed by atoms with Crippen molar-refractivity contribution in [1.82, 2.24) is 19.9 Å². The number of amides is 1. The smallest absolute Gasteiger partial charge is 0.308 e. The Bertz CT molecular complexity index is 768. The van der Waals surface area contributed by atoms with Gasteiger partial charge in [-0.1, -0.05) is 30.3 Å². The largest absolute Gasteiger partial charge is 0.481 e. The molecule has 1 aliphatic rings. The molecule has 1 heterocycles. The lowest BCUT2D eigenvalue weighted by Gasteiger charge is -2.24. The molecule has 25 heavy (non-hydrogen) atoms. The number of carboxylic acid groups (broad SMARTS) is 1. The first kappa shape index (κ1) is 17.1. The predicted octanol–water partition coefficient (Wildman–Crippen LogP) is 1.83. The number of para-hydroxylation sites is 1. The molecule has 0 radical (unpaired) electrons. The number of carbonyl (C=O) groups is 2. The molecule has 1 amide bonds. The Kier molecular flexibility index (Phi) is 4.83. The SMILES string of the molecule is Cc1c(CC(=O)N(CC(C)C(=O)O)C2CC2)nnn1-c1ccccc1. The average molecular weight is 342 g/mol. The highest BCUT2D eigenvalue weighted by atomic mass is 16.4. The molecule has 0 saturated heterocycles.